The molecule has 102 valence electrons. The summed E-state index contributed by atoms with van der Waals surface area (Å²) in [7, 11) is 2.05. The molecule has 0 saturated heterocycles. The van der Waals surface area contributed by atoms with Gasteiger partial charge in [-0.25, -0.2) is 9.97 Å². The number of hydrogen-bond donors (Lipinski definition) is 0. The molecule has 2 rings (SSSR count). The number of aromatic nitrogens is 2. The monoisotopic (exact) mass is 295 g/mol. The first-order valence-corrected chi connectivity index (χ1v) is 7.59. The Balaban J connectivity index is 2.14. The summed E-state index contributed by atoms with van der Waals surface area (Å²) in [6.45, 7) is 5.15. The Morgan fingerprint density at radius 3 is 2.79 bits per heavy atom. The number of rotatable bonds is 5. The molecule has 0 aliphatic carbocycles. The molecule has 2 aromatic rings. The number of anilines is 1. The summed E-state index contributed by atoms with van der Waals surface area (Å²) >= 11 is 7.98. The van der Waals surface area contributed by atoms with Crippen LogP contribution in [0.15, 0.2) is 23.8 Å². The van der Waals surface area contributed by atoms with Crippen LogP contribution >= 0.6 is 22.9 Å². The van der Waals surface area contributed by atoms with E-state index in [9.17, 15) is 0 Å². The molecule has 5 heteroatoms. The summed E-state index contributed by atoms with van der Waals surface area (Å²) in [6.07, 6.45) is 2.55. The van der Waals surface area contributed by atoms with E-state index in [0.29, 0.717) is 11.1 Å². The van der Waals surface area contributed by atoms with Gasteiger partial charge in [0.1, 0.15) is 17.3 Å². The molecule has 19 heavy (non-hydrogen) atoms. The SMILES string of the molecule is CC(C)c1c(Cl)ncnc1N(C)CCc1cccs1. The van der Waals surface area contributed by atoms with Gasteiger partial charge in [0.25, 0.3) is 0 Å². The number of nitrogens with zero attached hydrogens (tertiary/aromatic N) is 3. The predicted molar refractivity (Wildman–Crippen MR) is 82.4 cm³/mol. The van der Waals surface area contributed by atoms with Crippen LogP contribution in [0.4, 0.5) is 5.82 Å². The van der Waals surface area contributed by atoms with Crippen LogP contribution in [0, 0.1) is 0 Å². The highest BCUT2D eigenvalue weighted by molar-refractivity contribution is 7.09. The van der Waals surface area contributed by atoms with E-state index in [1.807, 2.05) is 0 Å². The predicted octanol–water partition coefficient (Wildman–Crippen LogP) is 3.99. The van der Waals surface area contributed by atoms with Crippen molar-refractivity contribution >= 4 is 28.8 Å². The van der Waals surface area contributed by atoms with E-state index in [0.717, 1.165) is 24.3 Å². The van der Waals surface area contributed by atoms with Gasteiger partial charge in [0.05, 0.1) is 0 Å². The van der Waals surface area contributed by atoms with Crippen LogP contribution < -0.4 is 4.90 Å². The van der Waals surface area contributed by atoms with Crippen LogP contribution in [0.1, 0.15) is 30.2 Å². The van der Waals surface area contributed by atoms with Crippen LogP contribution in [0.3, 0.4) is 0 Å². The fourth-order valence-electron chi connectivity index (χ4n) is 2.00. The molecule has 3 nitrogen and oxygen atoms in total. The molecule has 0 radical (unpaired) electrons. The molecular weight excluding hydrogens is 278 g/mol. The van der Waals surface area contributed by atoms with Crippen LogP contribution in [0.5, 0.6) is 0 Å². The van der Waals surface area contributed by atoms with Crippen LogP contribution in [0.2, 0.25) is 5.15 Å². The van der Waals surface area contributed by atoms with E-state index < -0.39 is 0 Å². The van der Waals surface area contributed by atoms with E-state index >= 15 is 0 Å². The molecule has 0 amide bonds. The summed E-state index contributed by atoms with van der Waals surface area (Å²) < 4.78 is 0. The lowest BCUT2D eigenvalue weighted by molar-refractivity contribution is 0.802. The van der Waals surface area contributed by atoms with Gasteiger partial charge in [-0.15, -0.1) is 11.3 Å². The molecule has 0 bridgehead atoms. The molecule has 0 unspecified atom stereocenters. The zero-order valence-electron chi connectivity index (χ0n) is 11.4. The fraction of sp³-hybridized carbons (Fsp3) is 0.429. The van der Waals surface area contributed by atoms with Crippen molar-refractivity contribution in [3.05, 3.63) is 39.4 Å². The van der Waals surface area contributed by atoms with Crippen molar-refractivity contribution in [2.75, 3.05) is 18.5 Å². The minimum Gasteiger partial charge on any atom is -0.359 e. The van der Waals surface area contributed by atoms with E-state index in [1.54, 1.807) is 11.3 Å². The summed E-state index contributed by atoms with van der Waals surface area (Å²) in [5, 5.41) is 2.67. The largest absolute Gasteiger partial charge is 0.359 e. The maximum atomic E-state index is 6.19. The minimum absolute atomic E-state index is 0.313. The summed E-state index contributed by atoms with van der Waals surface area (Å²) in [5.74, 6) is 1.25. The third-order valence-electron chi connectivity index (χ3n) is 3.03. The van der Waals surface area contributed by atoms with Gasteiger partial charge in [-0.2, -0.15) is 0 Å². The Labute approximate surface area is 123 Å². The maximum absolute atomic E-state index is 6.19. The molecule has 2 aromatic heterocycles. The van der Waals surface area contributed by atoms with E-state index in [1.165, 1.54) is 11.2 Å². The molecule has 2 heterocycles. The number of hydrogen-bond acceptors (Lipinski definition) is 4. The lowest BCUT2D eigenvalue weighted by atomic mass is 10.1. The normalized spacial score (nSPS) is 11.0. The van der Waals surface area contributed by atoms with E-state index in [2.05, 4.69) is 53.3 Å². The van der Waals surface area contributed by atoms with Crippen molar-refractivity contribution in [2.24, 2.45) is 0 Å². The van der Waals surface area contributed by atoms with Gasteiger partial charge in [0, 0.05) is 24.0 Å². The quantitative estimate of drug-likeness (QED) is 0.781. The highest BCUT2D eigenvalue weighted by Crippen LogP contribution is 2.29. The topological polar surface area (TPSA) is 29.0 Å². The number of likely N-dealkylation sites (N-methyl/N-ethyl adjacent to an activating group) is 1. The highest BCUT2D eigenvalue weighted by atomic mass is 35.5. The second-order valence-electron chi connectivity index (χ2n) is 4.81. The first kappa shape index (κ1) is 14.3. The maximum Gasteiger partial charge on any atom is 0.138 e. The molecule has 0 spiro atoms. The fourth-order valence-corrected chi connectivity index (χ4v) is 3.05. The van der Waals surface area contributed by atoms with Crippen molar-refractivity contribution in [3.63, 3.8) is 0 Å². The van der Waals surface area contributed by atoms with Crippen LogP contribution in [0.25, 0.3) is 0 Å². The Bertz CT molecular complexity index is 525. The zero-order valence-corrected chi connectivity index (χ0v) is 13.0. The number of thiophene rings is 1. The Morgan fingerprint density at radius 1 is 1.37 bits per heavy atom. The van der Waals surface area contributed by atoms with Crippen molar-refractivity contribution in [2.45, 2.75) is 26.2 Å². The average Bonchev–Trinajstić information content (AvgIpc) is 2.88. The van der Waals surface area contributed by atoms with Crippen molar-refractivity contribution < 1.29 is 0 Å². The lowest BCUT2D eigenvalue weighted by Gasteiger charge is -2.22. The van der Waals surface area contributed by atoms with Gasteiger partial charge in [-0.05, 0) is 23.8 Å². The molecule has 0 saturated carbocycles. The average molecular weight is 296 g/mol. The Kier molecular flexibility index (Phi) is 4.77. The minimum atomic E-state index is 0.313. The lowest BCUT2D eigenvalue weighted by Crippen LogP contribution is -2.23. The highest BCUT2D eigenvalue weighted by Gasteiger charge is 2.16. The van der Waals surface area contributed by atoms with Crippen LogP contribution in [-0.4, -0.2) is 23.6 Å². The number of halogens is 1. The molecule has 0 aliphatic rings. The molecule has 0 aromatic carbocycles. The van der Waals surface area contributed by atoms with Gasteiger partial charge in [0.2, 0.25) is 0 Å². The third kappa shape index (κ3) is 3.45. The van der Waals surface area contributed by atoms with Gasteiger partial charge in [-0.3, -0.25) is 0 Å². The van der Waals surface area contributed by atoms with Crippen LogP contribution in [-0.2, 0) is 6.42 Å². The second-order valence-corrected chi connectivity index (χ2v) is 6.20. The summed E-state index contributed by atoms with van der Waals surface area (Å²) in [5.41, 5.74) is 1.03. The first-order valence-electron chi connectivity index (χ1n) is 6.33. The van der Waals surface area contributed by atoms with Gasteiger partial charge >= 0.3 is 0 Å². The summed E-state index contributed by atoms with van der Waals surface area (Å²) in [4.78, 5) is 12.0. The second kappa shape index (κ2) is 6.35. The molecule has 0 fully saturated rings. The van der Waals surface area contributed by atoms with Gasteiger partial charge < -0.3 is 4.90 Å². The van der Waals surface area contributed by atoms with Crippen molar-refractivity contribution in [1.29, 1.82) is 0 Å². The Morgan fingerprint density at radius 2 is 2.16 bits per heavy atom. The zero-order chi connectivity index (χ0) is 13.8. The summed E-state index contributed by atoms with van der Waals surface area (Å²) in [6, 6.07) is 4.25. The molecule has 0 N–H and O–H groups in total. The van der Waals surface area contributed by atoms with Gasteiger partial charge in [0.15, 0.2) is 0 Å². The smallest absolute Gasteiger partial charge is 0.138 e. The third-order valence-corrected chi connectivity index (χ3v) is 4.26. The van der Waals surface area contributed by atoms with Crippen molar-refractivity contribution in [3.8, 4) is 0 Å². The first-order chi connectivity index (χ1) is 9.09. The van der Waals surface area contributed by atoms with E-state index in [-0.39, 0.29) is 0 Å². The standard InChI is InChI=1S/C14H18ClN3S/c1-10(2)12-13(15)16-9-17-14(12)18(3)7-6-11-5-4-8-19-11/h4-5,8-10H,6-7H2,1-3H3. The van der Waals surface area contributed by atoms with Gasteiger partial charge in [-0.1, -0.05) is 31.5 Å². The molecular formula is C14H18ClN3S. The van der Waals surface area contributed by atoms with Crippen molar-refractivity contribution in [1.82, 2.24) is 9.97 Å². The molecule has 0 aliphatic heterocycles. The van der Waals surface area contributed by atoms with E-state index in [4.69, 9.17) is 11.6 Å². The molecule has 0 atom stereocenters. The Hall–Kier alpha value is -1.13.